The van der Waals surface area contributed by atoms with Crippen molar-refractivity contribution in [2.75, 3.05) is 7.11 Å². The maximum absolute atomic E-state index is 12.3. The number of hydrogen-bond acceptors (Lipinski definition) is 6. The molecule has 2 aromatic rings. The second-order valence-corrected chi connectivity index (χ2v) is 8.55. The van der Waals surface area contributed by atoms with Crippen molar-refractivity contribution in [2.24, 2.45) is 0 Å². The zero-order valence-electron chi connectivity index (χ0n) is 17.6. The van der Waals surface area contributed by atoms with E-state index in [2.05, 4.69) is 41.9 Å². The summed E-state index contributed by atoms with van der Waals surface area (Å²) < 4.78 is 10.9. The molecule has 1 aromatic carbocycles. The second-order valence-electron chi connectivity index (χ2n) is 7.69. The van der Waals surface area contributed by atoms with Crippen LogP contribution in [0, 0.1) is 0 Å². The fraction of sp³-hybridized carbons (Fsp3) is 0.450. The molecule has 0 saturated heterocycles. The Morgan fingerprint density at radius 2 is 1.90 bits per heavy atom. The smallest absolute Gasteiger partial charge is 0.333 e. The third-order valence-electron chi connectivity index (χ3n) is 3.70. The van der Waals surface area contributed by atoms with E-state index in [1.165, 1.54) is 7.11 Å². The molecule has 0 aliphatic rings. The summed E-state index contributed by atoms with van der Waals surface area (Å²) in [5.74, 6) is 0.509. The van der Waals surface area contributed by atoms with Crippen molar-refractivity contribution >= 4 is 23.3 Å². The van der Waals surface area contributed by atoms with E-state index in [1.807, 2.05) is 19.2 Å². The average molecular weight is 421 g/mol. The number of carbonyl (C=O) groups excluding carboxylic acids is 2. The maximum atomic E-state index is 12.3. The fourth-order valence-corrected chi connectivity index (χ4v) is 3.20. The molecule has 8 nitrogen and oxygen atoms in total. The van der Waals surface area contributed by atoms with E-state index < -0.39 is 11.9 Å². The number of ether oxygens (including phenoxy) is 2. The first-order valence-corrected chi connectivity index (χ1v) is 10.1. The van der Waals surface area contributed by atoms with Crippen LogP contribution in [0.5, 0.6) is 11.5 Å². The van der Waals surface area contributed by atoms with Crippen molar-refractivity contribution in [2.45, 2.75) is 52.7 Å². The molecular formula is C20H28N4O4S. The van der Waals surface area contributed by atoms with E-state index in [9.17, 15) is 9.59 Å². The highest BCUT2D eigenvalue weighted by atomic mass is 32.1. The standard InChI is InChI=1S/C20H28N4O4S/c1-12(2)28-15-8-7-13(9-16(15)27-6)17(25)23-24-19(26)21-10-14-11-29-18(22-14)20(3,4)5/h7-9,11-12H,10H2,1-6H3,(H,23,25)(H2,21,24,26). The number of amides is 3. The minimum absolute atomic E-state index is 0.0221. The van der Waals surface area contributed by atoms with Gasteiger partial charge in [-0.2, -0.15) is 0 Å². The van der Waals surface area contributed by atoms with E-state index in [0.29, 0.717) is 17.1 Å². The lowest BCUT2D eigenvalue weighted by atomic mass is 9.98. The predicted octanol–water partition coefficient (Wildman–Crippen LogP) is 3.38. The summed E-state index contributed by atoms with van der Waals surface area (Å²) in [7, 11) is 1.50. The maximum Gasteiger partial charge on any atom is 0.333 e. The number of hydrazine groups is 1. The molecule has 158 valence electrons. The number of benzene rings is 1. The summed E-state index contributed by atoms with van der Waals surface area (Å²) in [6.07, 6.45) is -0.0221. The third-order valence-corrected chi connectivity index (χ3v) is 5.02. The van der Waals surface area contributed by atoms with Crippen LogP contribution >= 0.6 is 11.3 Å². The van der Waals surface area contributed by atoms with Crippen LogP contribution in [0.2, 0.25) is 0 Å². The van der Waals surface area contributed by atoms with Gasteiger partial charge in [0.15, 0.2) is 11.5 Å². The summed E-state index contributed by atoms with van der Waals surface area (Å²) >= 11 is 1.56. The van der Waals surface area contributed by atoms with Gasteiger partial charge in [-0.15, -0.1) is 11.3 Å². The molecule has 0 unspecified atom stereocenters. The SMILES string of the molecule is COc1cc(C(=O)NNC(=O)NCc2csc(C(C)(C)C)n2)ccc1OC(C)C. The first-order valence-electron chi connectivity index (χ1n) is 9.24. The Morgan fingerprint density at radius 1 is 1.17 bits per heavy atom. The number of carbonyl (C=O) groups is 2. The molecule has 0 fully saturated rings. The Balaban J connectivity index is 1.86. The molecule has 0 bridgehead atoms. The number of thiazole rings is 1. The minimum atomic E-state index is -0.532. The second kappa shape index (κ2) is 9.60. The van der Waals surface area contributed by atoms with Crippen molar-refractivity contribution in [1.29, 1.82) is 0 Å². The highest BCUT2D eigenvalue weighted by molar-refractivity contribution is 7.09. The zero-order valence-corrected chi connectivity index (χ0v) is 18.4. The van der Waals surface area contributed by atoms with Gasteiger partial charge in [0.25, 0.3) is 5.91 Å². The lowest BCUT2D eigenvalue weighted by Gasteiger charge is -2.14. The first kappa shape index (κ1) is 22.5. The van der Waals surface area contributed by atoms with Crippen molar-refractivity contribution in [3.63, 3.8) is 0 Å². The molecular weight excluding hydrogens is 392 g/mol. The van der Waals surface area contributed by atoms with Gasteiger partial charge in [0.1, 0.15) is 0 Å². The Labute approximate surface area is 175 Å². The van der Waals surface area contributed by atoms with Crippen LogP contribution in [-0.2, 0) is 12.0 Å². The van der Waals surface area contributed by atoms with Gasteiger partial charge < -0.3 is 14.8 Å². The van der Waals surface area contributed by atoms with Gasteiger partial charge in [0, 0.05) is 16.4 Å². The van der Waals surface area contributed by atoms with Crippen LogP contribution in [0.4, 0.5) is 4.79 Å². The highest BCUT2D eigenvalue weighted by Gasteiger charge is 2.18. The van der Waals surface area contributed by atoms with E-state index in [0.717, 1.165) is 10.7 Å². The van der Waals surface area contributed by atoms with Crippen molar-refractivity contribution in [1.82, 2.24) is 21.2 Å². The molecule has 3 N–H and O–H groups in total. The Kier molecular flexibility index (Phi) is 7.44. The summed E-state index contributed by atoms with van der Waals surface area (Å²) in [5.41, 5.74) is 5.75. The van der Waals surface area contributed by atoms with Crippen LogP contribution in [0.25, 0.3) is 0 Å². The van der Waals surface area contributed by atoms with Crippen LogP contribution in [0.15, 0.2) is 23.6 Å². The molecule has 0 radical (unpaired) electrons. The Morgan fingerprint density at radius 3 is 2.48 bits per heavy atom. The van der Waals surface area contributed by atoms with Gasteiger partial charge in [0.05, 0.1) is 30.5 Å². The van der Waals surface area contributed by atoms with Gasteiger partial charge >= 0.3 is 6.03 Å². The quantitative estimate of drug-likeness (QED) is 0.622. The number of nitrogens with one attached hydrogen (secondary N) is 3. The minimum Gasteiger partial charge on any atom is -0.493 e. The fourth-order valence-electron chi connectivity index (χ4n) is 2.29. The largest absolute Gasteiger partial charge is 0.493 e. The molecule has 1 aromatic heterocycles. The number of aromatic nitrogens is 1. The van der Waals surface area contributed by atoms with Crippen LogP contribution in [-0.4, -0.2) is 30.1 Å². The third kappa shape index (κ3) is 6.63. The van der Waals surface area contributed by atoms with Gasteiger partial charge in [-0.1, -0.05) is 20.8 Å². The van der Waals surface area contributed by atoms with Gasteiger partial charge in [0.2, 0.25) is 0 Å². The lowest BCUT2D eigenvalue weighted by Crippen LogP contribution is -2.46. The number of hydrogen-bond donors (Lipinski definition) is 3. The summed E-state index contributed by atoms with van der Waals surface area (Å²) in [4.78, 5) is 28.7. The molecule has 29 heavy (non-hydrogen) atoms. The summed E-state index contributed by atoms with van der Waals surface area (Å²) in [6.45, 7) is 10.3. The number of urea groups is 1. The Bertz CT molecular complexity index is 858. The van der Waals surface area contributed by atoms with E-state index in [4.69, 9.17) is 9.47 Å². The summed E-state index contributed by atoms with van der Waals surface area (Å²) in [6, 6.07) is 4.27. The molecule has 1 heterocycles. The summed E-state index contributed by atoms with van der Waals surface area (Å²) in [5, 5.41) is 5.57. The zero-order chi connectivity index (χ0) is 21.6. The molecule has 0 atom stereocenters. The normalized spacial score (nSPS) is 11.1. The highest BCUT2D eigenvalue weighted by Crippen LogP contribution is 2.29. The van der Waals surface area contributed by atoms with E-state index >= 15 is 0 Å². The van der Waals surface area contributed by atoms with Gasteiger partial charge in [-0.05, 0) is 32.0 Å². The van der Waals surface area contributed by atoms with E-state index in [1.54, 1.807) is 29.5 Å². The van der Waals surface area contributed by atoms with Crippen molar-refractivity contribution < 1.29 is 19.1 Å². The topological polar surface area (TPSA) is 102 Å². The molecule has 0 aliphatic carbocycles. The molecule has 0 saturated carbocycles. The molecule has 0 aliphatic heterocycles. The first-order chi connectivity index (χ1) is 13.6. The van der Waals surface area contributed by atoms with Crippen LogP contribution in [0.1, 0.15) is 55.7 Å². The average Bonchev–Trinajstić information content (AvgIpc) is 3.13. The predicted molar refractivity (Wildman–Crippen MR) is 112 cm³/mol. The van der Waals surface area contributed by atoms with Gasteiger partial charge in [-0.3, -0.25) is 10.2 Å². The molecule has 9 heteroatoms. The van der Waals surface area contributed by atoms with Crippen molar-refractivity contribution in [3.8, 4) is 11.5 Å². The van der Waals surface area contributed by atoms with Crippen LogP contribution < -0.4 is 25.6 Å². The van der Waals surface area contributed by atoms with Crippen molar-refractivity contribution in [3.05, 3.63) is 39.8 Å². The number of nitrogens with zero attached hydrogens (tertiary/aromatic N) is 1. The number of rotatable bonds is 6. The molecule has 0 spiro atoms. The monoisotopic (exact) mass is 420 g/mol. The van der Waals surface area contributed by atoms with E-state index in [-0.39, 0.29) is 18.1 Å². The Hall–Kier alpha value is -2.81. The van der Waals surface area contributed by atoms with Gasteiger partial charge in [-0.25, -0.2) is 15.2 Å². The lowest BCUT2D eigenvalue weighted by molar-refractivity contribution is 0.0935. The molecule has 2 rings (SSSR count). The van der Waals surface area contributed by atoms with Crippen LogP contribution in [0.3, 0.4) is 0 Å². The molecule has 3 amide bonds. The number of methoxy groups -OCH3 is 1.